The average Bonchev–Trinajstić information content (AvgIpc) is 2.13. The lowest BCUT2D eigenvalue weighted by Crippen LogP contribution is -2.20. The van der Waals surface area contributed by atoms with Gasteiger partial charge in [0.1, 0.15) is 0 Å². The zero-order valence-electron chi connectivity index (χ0n) is 11.9. The third-order valence-corrected chi connectivity index (χ3v) is 1.61. The van der Waals surface area contributed by atoms with Crippen LogP contribution in [-0.4, -0.2) is 77.9 Å². The third kappa shape index (κ3) is 45.1. The second-order valence-electron chi connectivity index (χ2n) is 3.77. The molecule has 0 aliphatic heterocycles. The van der Waals surface area contributed by atoms with Crippen LogP contribution in [0.2, 0.25) is 0 Å². The van der Waals surface area contributed by atoms with E-state index in [0.29, 0.717) is 6.54 Å². The maximum Gasteiger partial charge on any atom is 0.317 e. The van der Waals surface area contributed by atoms with Crippen molar-refractivity contribution in [3.63, 3.8) is 0 Å². The molecule has 1 N–H and O–H groups in total. The molecule has 0 aliphatic rings. The first-order valence-corrected chi connectivity index (χ1v) is 6.12. The molecule has 7 nitrogen and oxygen atoms in total. The highest BCUT2D eigenvalue weighted by molar-refractivity contribution is 6.97. The van der Waals surface area contributed by atoms with Crippen LogP contribution < -0.4 is 0 Å². The van der Waals surface area contributed by atoms with Crippen molar-refractivity contribution in [2.45, 2.75) is 0 Å². The third-order valence-electron chi connectivity index (χ3n) is 1.05. The number of halogens is 4. The van der Waals surface area contributed by atoms with Gasteiger partial charge in [0, 0.05) is 0 Å². The summed E-state index contributed by atoms with van der Waals surface area (Å²) in [6, 6.07) is 0. The Hall–Kier alpha value is -0.440. The van der Waals surface area contributed by atoms with E-state index in [4.69, 9.17) is 16.7 Å². The van der Waals surface area contributed by atoms with E-state index in [2.05, 4.69) is 23.2 Å². The van der Waals surface area contributed by atoms with Gasteiger partial charge in [-0.05, 0) is 63.0 Å². The van der Waals surface area contributed by atoms with Crippen molar-refractivity contribution in [1.82, 2.24) is 9.80 Å². The number of nitrogens with zero attached hydrogens (tertiary/aromatic N) is 2. The van der Waals surface area contributed by atoms with E-state index < -0.39 is 16.5 Å². The summed E-state index contributed by atoms with van der Waals surface area (Å²) < 4.78 is 0. The fourth-order valence-corrected chi connectivity index (χ4v) is 0.758. The molecule has 0 heterocycles. The number of likely N-dealkylation sites (N-methyl/N-ethyl adjacent to an activating group) is 2. The minimum Gasteiger partial charge on any atom is -0.480 e. The lowest BCUT2D eigenvalue weighted by Gasteiger charge is -2.01. The molecule has 126 valence electrons. The minimum atomic E-state index is -1.14. The van der Waals surface area contributed by atoms with E-state index in [9.17, 15) is 19.2 Å². The molecule has 0 saturated carbocycles. The quantitative estimate of drug-likeness (QED) is 0.552. The summed E-state index contributed by atoms with van der Waals surface area (Å²) in [5.74, 6) is -0.787. The molecule has 0 atom stereocenters. The molecule has 0 aromatic rings. The summed E-state index contributed by atoms with van der Waals surface area (Å²) in [6.07, 6.45) is 0. The van der Waals surface area contributed by atoms with E-state index in [1.54, 1.807) is 38.0 Å². The van der Waals surface area contributed by atoms with Crippen molar-refractivity contribution in [1.29, 1.82) is 0 Å². The van der Waals surface area contributed by atoms with Crippen LogP contribution in [0.4, 0.5) is 0 Å². The predicted molar refractivity (Wildman–Crippen MR) is 84.6 cm³/mol. The van der Waals surface area contributed by atoms with Crippen molar-refractivity contribution in [3.8, 4) is 0 Å². The molecule has 0 aromatic heterocycles. The van der Waals surface area contributed by atoms with Gasteiger partial charge in [-0.25, -0.2) is 0 Å². The zero-order chi connectivity index (χ0) is 16.9. The molecule has 0 spiro atoms. The van der Waals surface area contributed by atoms with E-state index in [1.807, 2.05) is 0 Å². The summed E-state index contributed by atoms with van der Waals surface area (Å²) >= 11 is 14.0. The highest BCUT2D eigenvalue weighted by Gasteiger charge is 2.01. The maximum atomic E-state index is 9.98. The zero-order valence-corrected chi connectivity index (χ0v) is 15.0. The fraction of sp³-hybridized carbons (Fsp3) is 0.600. The van der Waals surface area contributed by atoms with Gasteiger partial charge in [-0.1, -0.05) is 0 Å². The van der Waals surface area contributed by atoms with Crippen molar-refractivity contribution < 1.29 is 24.3 Å². The number of carbonyl (C=O) groups excluding carboxylic acids is 3. The van der Waals surface area contributed by atoms with Gasteiger partial charge in [0.15, 0.2) is 0 Å². The van der Waals surface area contributed by atoms with Gasteiger partial charge in [-0.3, -0.25) is 24.1 Å². The number of hydrogen-bond donors (Lipinski definition) is 1. The second-order valence-corrected chi connectivity index (χ2v) is 4.88. The van der Waals surface area contributed by atoms with E-state index in [1.165, 1.54) is 0 Å². The lowest BCUT2D eigenvalue weighted by atomic mass is 10.6. The summed E-state index contributed by atoms with van der Waals surface area (Å²) in [7, 11) is 7.02. The molecule has 0 aliphatic carbocycles. The highest BCUT2D eigenvalue weighted by Crippen LogP contribution is 1.84. The molecule has 0 bridgehead atoms. The van der Waals surface area contributed by atoms with Crippen LogP contribution in [0.1, 0.15) is 0 Å². The minimum absolute atomic E-state index is 0. The van der Waals surface area contributed by atoms with Crippen LogP contribution in [0.3, 0.4) is 0 Å². The van der Waals surface area contributed by atoms with Gasteiger partial charge in [0.05, 0.1) is 13.1 Å². The van der Waals surface area contributed by atoms with Gasteiger partial charge >= 0.3 is 16.5 Å². The number of carboxylic acids is 1. The van der Waals surface area contributed by atoms with Gasteiger partial charge in [0.25, 0.3) is 0 Å². The monoisotopic (exact) mass is 386 g/mol. The molecule has 0 unspecified atom stereocenters. The van der Waals surface area contributed by atoms with Crippen molar-refractivity contribution in [2.75, 3.05) is 41.3 Å². The van der Waals surface area contributed by atoms with Crippen LogP contribution in [-0.2, 0) is 19.2 Å². The SMILES string of the molecule is CN(C)CC(=O)Cl.CN(C)CC(=O)O.Cl.O=C(Cl)C(=O)Cl. The standard InChI is InChI=1S/C4H8ClNO.C4H9NO2.C2Cl2O2.ClH/c1-6(2)3-4(5)7;1-5(2)3-4(6)7;3-1(5)2(4)6;/h3H2,1-2H3;3H2,1-2H3,(H,6,7);;1H. The van der Waals surface area contributed by atoms with Crippen LogP contribution in [0, 0.1) is 0 Å². The number of aliphatic carboxylic acids is 1. The second kappa shape index (κ2) is 17.6. The molecule has 0 amide bonds. The molecule has 0 aromatic carbocycles. The van der Waals surface area contributed by atoms with Crippen LogP contribution in [0.15, 0.2) is 0 Å². The first-order chi connectivity index (χ1) is 8.89. The predicted octanol–water partition coefficient (Wildman–Crippen LogP) is 0.885. The Morgan fingerprint density at radius 1 is 0.810 bits per heavy atom. The molecular weight excluding hydrogens is 370 g/mol. The summed E-state index contributed by atoms with van der Waals surface area (Å²) in [5, 5.41) is 5.44. The van der Waals surface area contributed by atoms with Gasteiger partial charge in [0.2, 0.25) is 5.24 Å². The average molecular weight is 388 g/mol. The summed E-state index contributed by atoms with van der Waals surface area (Å²) in [6.45, 7) is 0.432. The summed E-state index contributed by atoms with van der Waals surface area (Å²) in [4.78, 5) is 41.9. The first-order valence-electron chi connectivity index (χ1n) is 4.99. The van der Waals surface area contributed by atoms with Gasteiger partial charge in [-0.2, -0.15) is 0 Å². The molecule has 0 fully saturated rings. The van der Waals surface area contributed by atoms with Gasteiger partial charge in [-0.15, -0.1) is 12.4 Å². The highest BCUT2D eigenvalue weighted by atomic mass is 35.5. The van der Waals surface area contributed by atoms with E-state index in [0.717, 1.165) is 0 Å². The van der Waals surface area contributed by atoms with E-state index in [-0.39, 0.29) is 24.2 Å². The van der Waals surface area contributed by atoms with E-state index >= 15 is 0 Å². The first kappa shape index (κ1) is 28.7. The normalized spacial score (nSPS) is 8.62. The van der Waals surface area contributed by atoms with Crippen molar-refractivity contribution in [3.05, 3.63) is 0 Å². The molecule has 0 rings (SSSR count). The Kier molecular flexibility index (Phi) is 24.1. The number of carboxylic acid groups (broad SMARTS) is 1. The molecule has 21 heavy (non-hydrogen) atoms. The molecule has 0 radical (unpaired) electrons. The smallest absolute Gasteiger partial charge is 0.317 e. The van der Waals surface area contributed by atoms with Crippen molar-refractivity contribution >= 4 is 68.9 Å². The van der Waals surface area contributed by atoms with Crippen LogP contribution in [0.25, 0.3) is 0 Å². The Morgan fingerprint density at radius 3 is 1.10 bits per heavy atom. The maximum absolute atomic E-state index is 9.98. The largest absolute Gasteiger partial charge is 0.480 e. The van der Waals surface area contributed by atoms with Crippen LogP contribution in [0.5, 0.6) is 0 Å². The van der Waals surface area contributed by atoms with Gasteiger partial charge < -0.3 is 10.0 Å². The number of rotatable bonds is 5. The Balaban J connectivity index is -0.000000101. The lowest BCUT2D eigenvalue weighted by molar-refractivity contribution is -0.137. The Morgan fingerprint density at radius 2 is 1.10 bits per heavy atom. The molecule has 0 saturated heterocycles. The summed E-state index contributed by atoms with van der Waals surface area (Å²) in [5.41, 5.74) is 0. The topological polar surface area (TPSA) is 95.0 Å². The van der Waals surface area contributed by atoms with Crippen LogP contribution >= 0.6 is 47.2 Å². The molecular formula is C10H18Cl4N2O5. The fourth-order valence-electron chi connectivity index (χ4n) is 0.519. The Bertz CT molecular complexity index is 305. The Labute approximate surface area is 144 Å². The molecule has 11 heteroatoms. The number of carbonyl (C=O) groups is 4. The number of hydrogen-bond acceptors (Lipinski definition) is 6. The van der Waals surface area contributed by atoms with Crippen molar-refractivity contribution in [2.24, 2.45) is 0 Å².